The molecule has 0 heterocycles. The summed E-state index contributed by atoms with van der Waals surface area (Å²) in [5, 5.41) is 0. The van der Waals surface area contributed by atoms with Gasteiger partial charge in [0.15, 0.2) is 0 Å². The minimum atomic E-state index is 1.12. The second-order valence-electron chi connectivity index (χ2n) is 2.31. The molecule has 0 N–H and O–H groups in total. The Morgan fingerprint density at radius 3 is 2.44 bits per heavy atom. The molecule has 0 aromatic carbocycles. The van der Waals surface area contributed by atoms with Crippen LogP contribution in [-0.4, -0.2) is 0 Å². The largest absolute Gasteiger partial charge is 0.0801 e. The third-order valence-corrected chi connectivity index (χ3v) is 1.69. The van der Waals surface area contributed by atoms with E-state index in [1.165, 1.54) is 11.1 Å². The standard InChI is InChI=1S/C9H8/c1-2-5-8(4-1)9-6-3-7-9/h1-4,6-7H,5H2. The molecule has 0 amide bonds. The molecule has 0 heteroatoms. The number of hydrogen-bond donors (Lipinski definition) is 0. The highest BCUT2D eigenvalue weighted by atomic mass is 14.1. The maximum absolute atomic E-state index is 2.18. The molecule has 44 valence electrons. The van der Waals surface area contributed by atoms with Crippen molar-refractivity contribution < 1.29 is 0 Å². The van der Waals surface area contributed by atoms with Crippen molar-refractivity contribution in [2.24, 2.45) is 0 Å². The molecule has 0 saturated carbocycles. The first-order chi connectivity index (χ1) is 4.47. The van der Waals surface area contributed by atoms with E-state index in [-0.39, 0.29) is 0 Å². The molecule has 2 rings (SSSR count). The Kier molecular flexibility index (Phi) is 0.922. The molecular weight excluding hydrogens is 108 g/mol. The Morgan fingerprint density at radius 2 is 2.00 bits per heavy atom. The topological polar surface area (TPSA) is 0 Å². The predicted molar refractivity (Wildman–Crippen MR) is 39.1 cm³/mol. The van der Waals surface area contributed by atoms with E-state index < -0.39 is 0 Å². The maximum atomic E-state index is 2.18. The zero-order valence-electron chi connectivity index (χ0n) is 5.17. The first-order valence-corrected chi connectivity index (χ1v) is 3.21. The highest BCUT2D eigenvalue weighted by molar-refractivity contribution is 5.52. The van der Waals surface area contributed by atoms with E-state index in [2.05, 4.69) is 36.5 Å². The van der Waals surface area contributed by atoms with Crippen LogP contribution in [0.4, 0.5) is 0 Å². The Morgan fingerprint density at radius 1 is 1.11 bits per heavy atom. The van der Waals surface area contributed by atoms with Crippen molar-refractivity contribution in [3.63, 3.8) is 0 Å². The maximum Gasteiger partial charge on any atom is -0.00884 e. The van der Waals surface area contributed by atoms with E-state index >= 15 is 0 Å². The van der Waals surface area contributed by atoms with E-state index in [1.54, 1.807) is 0 Å². The van der Waals surface area contributed by atoms with Crippen LogP contribution in [0.15, 0.2) is 47.6 Å². The van der Waals surface area contributed by atoms with Crippen LogP contribution in [0, 0.1) is 0 Å². The molecule has 0 aromatic heterocycles. The fourth-order valence-electron chi connectivity index (χ4n) is 1.07. The number of hydrogen-bond acceptors (Lipinski definition) is 0. The van der Waals surface area contributed by atoms with Gasteiger partial charge in [0.2, 0.25) is 0 Å². The van der Waals surface area contributed by atoms with Crippen molar-refractivity contribution in [1.82, 2.24) is 0 Å². The second-order valence-corrected chi connectivity index (χ2v) is 2.31. The Balaban J connectivity index is 2.16. The summed E-state index contributed by atoms with van der Waals surface area (Å²) in [4.78, 5) is 0. The van der Waals surface area contributed by atoms with E-state index in [4.69, 9.17) is 0 Å². The number of allylic oxidation sites excluding steroid dienone is 8. The third-order valence-electron chi connectivity index (χ3n) is 1.69. The van der Waals surface area contributed by atoms with Crippen molar-refractivity contribution in [3.8, 4) is 0 Å². The molecular formula is C9H8. The average Bonchev–Trinajstić information content (AvgIpc) is 2.11. The Labute approximate surface area is 54.9 Å². The fourth-order valence-corrected chi connectivity index (χ4v) is 1.07. The minimum Gasteiger partial charge on any atom is -0.0801 e. The lowest BCUT2D eigenvalue weighted by atomic mass is 9.99. The Bertz CT molecular complexity index is 237. The van der Waals surface area contributed by atoms with Gasteiger partial charge in [-0.1, -0.05) is 36.5 Å². The molecule has 0 spiro atoms. The first-order valence-electron chi connectivity index (χ1n) is 3.21. The lowest BCUT2D eigenvalue weighted by Crippen LogP contribution is -1.87. The summed E-state index contributed by atoms with van der Waals surface area (Å²) in [7, 11) is 0. The molecule has 0 aromatic rings. The Hall–Kier alpha value is -1.04. The molecule has 2 aliphatic rings. The monoisotopic (exact) mass is 116 g/mol. The van der Waals surface area contributed by atoms with Crippen molar-refractivity contribution in [1.29, 1.82) is 0 Å². The summed E-state index contributed by atoms with van der Waals surface area (Å²) in [6.07, 6.45) is 14.0. The highest BCUT2D eigenvalue weighted by Crippen LogP contribution is 2.24. The fraction of sp³-hybridized carbons (Fsp3) is 0.111. The summed E-state index contributed by atoms with van der Waals surface area (Å²) >= 11 is 0. The molecule has 0 nitrogen and oxygen atoms in total. The molecule has 0 saturated heterocycles. The van der Waals surface area contributed by atoms with E-state index in [9.17, 15) is 0 Å². The van der Waals surface area contributed by atoms with Gasteiger partial charge in [0, 0.05) is 0 Å². The summed E-state index contributed by atoms with van der Waals surface area (Å²) in [6, 6.07) is 0. The van der Waals surface area contributed by atoms with Crippen LogP contribution >= 0.6 is 0 Å². The van der Waals surface area contributed by atoms with Crippen molar-refractivity contribution in [2.75, 3.05) is 0 Å². The van der Waals surface area contributed by atoms with Gasteiger partial charge in [-0.3, -0.25) is 0 Å². The van der Waals surface area contributed by atoms with Crippen LogP contribution in [0.1, 0.15) is 6.42 Å². The molecule has 2 aliphatic carbocycles. The molecule has 0 unspecified atom stereocenters. The van der Waals surface area contributed by atoms with Crippen molar-refractivity contribution in [2.45, 2.75) is 6.42 Å². The van der Waals surface area contributed by atoms with Crippen LogP contribution in [0.3, 0.4) is 0 Å². The van der Waals surface area contributed by atoms with Crippen LogP contribution in [0.2, 0.25) is 0 Å². The molecule has 9 heavy (non-hydrogen) atoms. The van der Waals surface area contributed by atoms with Crippen molar-refractivity contribution in [3.05, 3.63) is 47.6 Å². The molecule has 0 bridgehead atoms. The van der Waals surface area contributed by atoms with Gasteiger partial charge >= 0.3 is 0 Å². The average molecular weight is 116 g/mol. The minimum absolute atomic E-state index is 1.12. The molecule has 0 aliphatic heterocycles. The summed E-state index contributed by atoms with van der Waals surface area (Å²) in [5.41, 5.74) is 2.86. The quantitative estimate of drug-likeness (QED) is 0.493. The van der Waals surface area contributed by atoms with E-state index in [0.717, 1.165) is 6.42 Å². The van der Waals surface area contributed by atoms with Crippen molar-refractivity contribution >= 4 is 0 Å². The highest BCUT2D eigenvalue weighted by Gasteiger charge is 2.05. The zero-order chi connectivity index (χ0) is 6.10. The van der Waals surface area contributed by atoms with Gasteiger partial charge in [0.1, 0.15) is 0 Å². The molecule has 0 radical (unpaired) electrons. The third kappa shape index (κ3) is 0.672. The van der Waals surface area contributed by atoms with Gasteiger partial charge in [-0.15, -0.1) is 0 Å². The van der Waals surface area contributed by atoms with E-state index in [1.807, 2.05) is 0 Å². The summed E-state index contributed by atoms with van der Waals surface area (Å²) < 4.78 is 0. The van der Waals surface area contributed by atoms with Crippen LogP contribution in [-0.2, 0) is 0 Å². The second kappa shape index (κ2) is 1.73. The lowest BCUT2D eigenvalue weighted by molar-refractivity contribution is 1.27. The van der Waals surface area contributed by atoms with Gasteiger partial charge in [-0.25, -0.2) is 0 Å². The van der Waals surface area contributed by atoms with Gasteiger partial charge in [0.25, 0.3) is 0 Å². The van der Waals surface area contributed by atoms with Gasteiger partial charge in [-0.05, 0) is 17.6 Å². The van der Waals surface area contributed by atoms with Crippen LogP contribution in [0.25, 0.3) is 0 Å². The van der Waals surface area contributed by atoms with Gasteiger partial charge < -0.3 is 0 Å². The predicted octanol–water partition coefficient (Wildman–Crippen LogP) is 2.37. The lowest BCUT2D eigenvalue weighted by Gasteiger charge is -2.06. The van der Waals surface area contributed by atoms with Crippen LogP contribution < -0.4 is 0 Å². The molecule has 0 fully saturated rings. The summed E-state index contributed by atoms with van der Waals surface area (Å²) in [6.45, 7) is 0. The number of rotatable bonds is 1. The van der Waals surface area contributed by atoms with Gasteiger partial charge in [-0.2, -0.15) is 0 Å². The van der Waals surface area contributed by atoms with Gasteiger partial charge in [0.05, 0.1) is 0 Å². The summed E-state index contributed by atoms with van der Waals surface area (Å²) in [5.74, 6) is 0. The molecule has 0 atom stereocenters. The van der Waals surface area contributed by atoms with E-state index in [0.29, 0.717) is 0 Å². The zero-order valence-corrected chi connectivity index (χ0v) is 5.17. The normalized spacial score (nSPS) is 21.3. The SMILES string of the molecule is C1=CCC(C2=CC=C2)=C1. The van der Waals surface area contributed by atoms with Crippen LogP contribution in [0.5, 0.6) is 0 Å². The first kappa shape index (κ1) is 4.80. The smallest absolute Gasteiger partial charge is 0.00884 e.